The molecule has 10 nitrogen and oxygen atoms in total. The van der Waals surface area contributed by atoms with Gasteiger partial charge in [0.15, 0.2) is 0 Å². The summed E-state index contributed by atoms with van der Waals surface area (Å²) in [4.78, 5) is 40.9. The van der Waals surface area contributed by atoms with Crippen molar-refractivity contribution in [1.29, 1.82) is 0 Å². The summed E-state index contributed by atoms with van der Waals surface area (Å²) in [5.74, 6) is -0.714. The quantitative estimate of drug-likeness (QED) is 0.232. The van der Waals surface area contributed by atoms with Crippen LogP contribution in [0.1, 0.15) is 54.4 Å². The minimum Gasteiger partial charge on any atom is -0.443 e. The molecule has 1 heterocycles. The van der Waals surface area contributed by atoms with E-state index in [9.17, 15) is 14.4 Å². The molecule has 0 saturated heterocycles. The molecule has 0 aromatic rings. The Morgan fingerprint density at radius 1 is 1.21 bits per heavy atom. The summed E-state index contributed by atoms with van der Waals surface area (Å²) >= 11 is 0. The number of ether oxygens (including phenoxy) is 3. The molecule has 2 amide bonds. The lowest BCUT2D eigenvalue weighted by Gasteiger charge is -2.33. The summed E-state index contributed by atoms with van der Waals surface area (Å²) in [7, 11) is 0. The van der Waals surface area contributed by atoms with Gasteiger partial charge in [-0.2, -0.15) is 0 Å². The molecule has 0 N–H and O–H groups in total. The van der Waals surface area contributed by atoms with E-state index in [-0.39, 0.29) is 13.0 Å². The fourth-order valence-electron chi connectivity index (χ4n) is 2.31. The van der Waals surface area contributed by atoms with Crippen molar-refractivity contribution in [2.45, 2.75) is 77.7 Å². The van der Waals surface area contributed by atoms with Crippen molar-refractivity contribution in [1.82, 2.24) is 4.90 Å². The topological polar surface area (TPSA) is 131 Å². The Kier molecular flexibility index (Phi) is 7.87. The van der Waals surface area contributed by atoms with Gasteiger partial charge in [-0.25, -0.2) is 14.5 Å². The van der Waals surface area contributed by atoms with Crippen molar-refractivity contribution in [2.24, 2.45) is 5.11 Å². The van der Waals surface area contributed by atoms with Crippen molar-refractivity contribution in [3.63, 3.8) is 0 Å². The van der Waals surface area contributed by atoms with E-state index in [4.69, 9.17) is 19.7 Å². The maximum Gasteiger partial charge on any atom is 0.508 e. The van der Waals surface area contributed by atoms with Crippen LogP contribution in [0.5, 0.6) is 0 Å². The minimum atomic E-state index is -1.06. The van der Waals surface area contributed by atoms with Gasteiger partial charge in [0.2, 0.25) is 5.91 Å². The third-order valence-electron chi connectivity index (χ3n) is 3.36. The first-order chi connectivity index (χ1) is 12.8. The normalized spacial score (nSPS) is 21.6. The molecule has 0 aromatic heterocycles. The van der Waals surface area contributed by atoms with E-state index < -0.39 is 41.4 Å². The summed E-state index contributed by atoms with van der Waals surface area (Å²) in [5.41, 5.74) is 7.13. The smallest absolute Gasteiger partial charge is 0.443 e. The number of hydrogen-bond donors (Lipinski definition) is 0. The van der Waals surface area contributed by atoms with Gasteiger partial charge < -0.3 is 14.2 Å². The van der Waals surface area contributed by atoms with Gasteiger partial charge in [-0.15, -0.1) is 0 Å². The Morgan fingerprint density at radius 2 is 1.82 bits per heavy atom. The van der Waals surface area contributed by atoms with E-state index in [0.717, 1.165) is 4.90 Å². The second-order valence-corrected chi connectivity index (χ2v) is 8.26. The van der Waals surface area contributed by atoms with Crippen molar-refractivity contribution < 1.29 is 28.6 Å². The van der Waals surface area contributed by atoms with Gasteiger partial charge in [0, 0.05) is 4.91 Å². The number of carbonyl (C=O) groups excluding carboxylic acids is 3. The molecule has 0 saturated carbocycles. The molecule has 0 aromatic carbocycles. The van der Waals surface area contributed by atoms with E-state index in [1.165, 1.54) is 0 Å². The number of hydrogen-bond acceptors (Lipinski definition) is 7. The molecule has 0 bridgehead atoms. The number of carbonyl (C=O) groups is 3. The molecule has 1 unspecified atom stereocenters. The summed E-state index contributed by atoms with van der Waals surface area (Å²) < 4.78 is 15.5. The van der Waals surface area contributed by atoms with Crippen LogP contribution in [0.4, 0.5) is 9.59 Å². The molecule has 0 fully saturated rings. The van der Waals surface area contributed by atoms with Crippen molar-refractivity contribution in [2.75, 3.05) is 6.61 Å². The molecule has 2 atom stereocenters. The molecule has 0 radical (unpaired) electrons. The zero-order valence-corrected chi connectivity index (χ0v) is 17.2. The van der Waals surface area contributed by atoms with Gasteiger partial charge in [0.25, 0.3) is 0 Å². The standard InChI is InChI=1S/C18H28N4O6/c1-17(2,3)27-15(24)22-12(11-26-16(25)28-18(4,5)6)9-7-8-10-13(14(22)23)20-21-19/h7,9,12-13H,8,10-11H2,1-6H3/b9-7-/t12-,13?/m1/s1. The first-order valence-corrected chi connectivity index (χ1v) is 8.97. The second kappa shape index (κ2) is 9.45. The number of azide groups is 1. The highest BCUT2D eigenvalue weighted by atomic mass is 16.7. The monoisotopic (exact) mass is 396 g/mol. The van der Waals surface area contributed by atoms with E-state index >= 15 is 0 Å². The largest absolute Gasteiger partial charge is 0.508 e. The van der Waals surface area contributed by atoms with Gasteiger partial charge in [-0.1, -0.05) is 17.3 Å². The summed E-state index contributed by atoms with van der Waals surface area (Å²) in [6.45, 7) is 9.71. The average molecular weight is 396 g/mol. The van der Waals surface area contributed by atoms with E-state index in [0.29, 0.717) is 6.42 Å². The van der Waals surface area contributed by atoms with Crippen LogP contribution in [0.3, 0.4) is 0 Å². The van der Waals surface area contributed by atoms with Crippen LogP contribution in [-0.2, 0) is 19.0 Å². The van der Waals surface area contributed by atoms with E-state index in [1.807, 2.05) is 0 Å². The predicted octanol–water partition coefficient (Wildman–Crippen LogP) is 4.10. The highest BCUT2D eigenvalue weighted by Gasteiger charge is 2.37. The molecule has 10 heteroatoms. The average Bonchev–Trinajstić information content (AvgIpc) is 2.49. The molecular weight excluding hydrogens is 368 g/mol. The Balaban J connectivity index is 3.10. The van der Waals surface area contributed by atoms with Crippen LogP contribution < -0.4 is 0 Å². The zero-order valence-electron chi connectivity index (χ0n) is 17.2. The first-order valence-electron chi connectivity index (χ1n) is 8.97. The maximum atomic E-state index is 12.9. The Labute approximate surface area is 164 Å². The van der Waals surface area contributed by atoms with Gasteiger partial charge in [0.1, 0.15) is 23.9 Å². The molecular formula is C18H28N4O6. The molecule has 0 aliphatic carbocycles. The molecule has 28 heavy (non-hydrogen) atoms. The van der Waals surface area contributed by atoms with Crippen molar-refractivity contribution in [3.05, 3.63) is 22.6 Å². The molecule has 156 valence electrons. The van der Waals surface area contributed by atoms with Crippen LogP contribution in [-0.4, -0.2) is 52.9 Å². The van der Waals surface area contributed by atoms with E-state index in [1.54, 1.807) is 53.7 Å². The third kappa shape index (κ3) is 7.87. The number of imide groups is 1. The van der Waals surface area contributed by atoms with Gasteiger partial charge in [-0.3, -0.25) is 4.79 Å². The van der Waals surface area contributed by atoms with Gasteiger partial charge in [0.05, 0.1) is 6.04 Å². The van der Waals surface area contributed by atoms with Crippen LogP contribution in [0.25, 0.3) is 10.4 Å². The van der Waals surface area contributed by atoms with Gasteiger partial charge in [-0.05, 0) is 59.9 Å². The molecule has 0 spiro atoms. The lowest BCUT2D eigenvalue weighted by Crippen LogP contribution is -2.52. The fraction of sp³-hybridized carbons (Fsp3) is 0.722. The number of allylic oxidation sites excluding steroid dienone is 1. The van der Waals surface area contributed by atoms with Crippen LogP contribution in [0.2, 0.25) is 0 Å². The lowest BCUT2D eigenvalue weighted by molar-refractivity contribution is -0.134. The zero-order chi connectivity index (χ0) is 21.5. The van der Waals surface area contributed by atoms with Gasteiger partial charge >= 0.3 is 12.2 Å². The first kappa shape index (κ1) is 23.3. The summed E-state index contributed by atoms with van der Waals surface area (Å²) in [6, 6.07) is -1.99. The Bertz CT molecular complexity index is 671. The second-order valence-electron chi connectivity index (χ2n) is 8.26. The highest BCUT2D eigenvalue weighted by molar-refractivity contribution is 5.96. The number of amides is 2. The van der Waals surface area contributed by atoms with Crippen molar-refractivity contribution >= 4 is 18.2 Å². The number of rotatable bonds is 3. The fourth-order valence-corrected chi connectivity index (χ4v) is 2.31. The maximum absolute atomic E-state index is 12.9. The predicted molar refractivity (Wildman–Crippen MR) is 100 cm³/mol. The third-order valence-corrected chi connectivity index (χ3v) is 3.36. The van der Waals surface area contributed by atoms with Crippen LogP contribution >= 0.6 is 0 Å². The molecule has 1 aliphatic heterocycles. The SMILES string of the molecule is CC(C)(C)OC(=O)OC[C@H]1/C=C\CCC(N=[N+]=[N-])C(=O)N1C(=O)OC(C)(C)C. The highest BCUT2D eigenvalue weighted by Crippen LogP contribution is 2.20. The Hall–Kier alpha value is -2.74. The van der Waals surface area contributed by atoms with Crippen LogP contribution in [0, 0.1) is 0 Å². The lowest BCUT2D eigenvalue weighted by atomic mass is 10.1. The summed E-state index contributed by atoms with van der Waals surface area (Å²) in [5, 5.41) is 3.49. The van der Waals surface area contributed by atoms with Crippen molar-refractivity contribution in [3.8, 4) is 0 Å². The molecule has 1 aliphatic rings. The summed E-state index contributed by atoms with van der Waals surface area (Å²) in [6.07, 6.45) is 2.18. The Morgan fingerprint density at radius 3 is 2.36 bits per heavy atom. The minimum absolute atomic E-state index is 0.248. The van der Waals surface area contributed by atoms with Crippen LogP contribution in [0.15, 0.2) is 17.3 Å². The number of nitrogens with zero attached hydrogens (tertiary/aromatic N) is 4. The molecule has 1 rings (SSSR count). The van der Waals surface area contributed by atoms with E-state index in [2.05, 4.69) is 10.0 Å².